The Morgan fingerprint density at radius 1 is 1.39 bits per heavy atom. The molecule has 1 aromatic heterocycles. The van der Waals surface area contributed by atoms with Crippen molar-refractivity contribution in [3.05, 3.63) is 22.9 Å². The number of nitrogens with zero attached hydrogens (tertiary/aromatic N) is 2. The number of Topliss-reactive ketones (excluding diaryl/α,β-unsaturated/α-hetero) is 1. The first-order chi connectivity index (χ1) is 10.7. The van der Waals surface area contributed by atoms with Gasteiger partial charge in [0, 0.05) is 11.3 Å². The molecule has 23 heavy (non-hydrogen) atoms. The van der Waals surface area contributed by atoms with Gasteiger partial charge in [0.1, 0.15) is 11.1 Å². The topological polar surface area (TPSA) is 126 Å². The molecule has 0 aliphatic heterocycles. The van der Waals surface area contributed by atoms with Gasteiger partial charge in [0.15, 0.2) is 5.78 Å². The van der Waals surface area contributed by atoms with Crippen molar-refractivity contribution in [3.8, 4) is 6.07 Å². The van der Waals surface area contributed by atoms with Gasteiger partial charge in [0.25, 0.3) is 0 Å². The van der Waals surface area contributed by atoms with Crippen molar-refractivity contribution in [1.29, 1.82) is 5.26 Å². The second kappa shape index (κ2) is 7.74. The molecule has 0 aromatic carbocycles. The highest BCUT2D eigenvalue weighted by Crippen LogP contribution is 2.30. The van der Waals surface area contributed by atoms with E-state index in [9.17, 15) is 19.6 Å². The van der Waals surface area contributed by atoms with E-state index in [0.717, 1.165) is 11.8 Å². The van der Waals surface area contributed by atoms with Gasteiger partial charge < -0.3 is 5.73 Å². The number of carbonyl (C=O) groups excluding carboxylic acids is 3. The lowest BCUT2D eigenvalue weighted by Gasteiger charge is -2.19. The molecule has 0 aliphatic carbocycles. The Morgan fingerprint density at radius 2 is 2.00 bits per heavy atom. The third-order valence-corrected chi connectivity index (χ3v) is 4.57. The number of aromatic nitrogens is 1. The van der Waals surface area contributed by atoms with Crippen molar-refractivity contribution in [2.45, 2.75) is 38.0 Å². The van der Waals surface area contributed by atoms with Crippen LogP contribution in [0.3, 0.4) is 0 Å². The monoisotopic (exact) mass is 334 g/mol. The largest absolute Gasteiger partial charge is 0.351 e. The molecule has 0 bridgehead atoms. The molecule has 0 saturated heterocycles. The van der Waals surface area contributed by atoms with Crippen LogP contribution in [0.1, 0.15) is 42.4 Å². The summed E-state index contributed by atoms with van der Waals surface area (Å²) in [4.78, 5) is 38.7. The number of ketones is 1. The Balaban J connectivity index is 3.21. The molecular formula is C15H18N4O3S. The van der Waals surface area contributed by atoms with Gasteiger partial charge in [-0.25, -0.2) is 9.78 Å². The first-order valence-corrected chi connectivity index (χ1v) is 7.75. The summed E-state index contributed by atoms with van der Waals surface area (Å²) in [5.41, 5.74) is 6.04. The molecule has 0 spiro atoms. The minimum atomic E-state index is -0.933. The van der Waals surface area contributed by atoms with Crippen LogP contribution in [-0.2, 0) is 4.79 Å². The highest BCUT2D eigenvalue weighted by molar-refractivity contribution is 8.00. The summed E-state index contributed by atoms with van der Waals surface area (Å²) in [5, 5.41) is 11.0. The van der Waals surface area contributed by atoms with E-state index >= 15 is 0 Å². The zero-order chi connectivity index (χ0) is 17.7. The third-order valence-electron chi connectivity index (χ3n) is 3.03. The quantitative estimate of drug-likeness (QED) is 0.624. The summed E-state index contributed by atoms with van der Waals surface area (Å²) < 4.78 is 0. The number of aryl methyl sites for hydroxylation is 1. The average Bonchev–Trinajstić information content (AvgIpc) is 2.43. The van der Waals surface area contributed by atoms with E-state index in [1.165, 1.54) is 13.0 Å². The lowest BCUT2D eigenvalue weighted by atomic mass is 10.1. The Hall–Kier alpha value is -2.40. The van der Waals surface area contributed by atoms with Gasteiger partial charge in [-0.2, -0.15) is 5.26 Å². The number of urea groups is 1. The summed E-state index contributed by atoms with van der Waals surface area (Å²) in [6, 6.07) is 2.52. The molecule has 0 radical (unpaired) electrons. The molecule has 1 aromatic rings. The van der Waals surface area contributed by atoms with Gasteiger partial charge in [0.2, 0.25) is 5.91 Å². The molecule has 3 amide bonds. The number of nitriles is 1. The number of nitrogens with two attached hydrogens (primary N) is 1. The number of rotatable bonds is 5. The lowest BCUT2D eigenvalue weighted by Crippen LogP contribution is -2.42. The van der Waals surface area contributed by atoms with Crippen LogP contribution in [0.2, 0.25) is 0 Å². The maximum absolute atomic E-state index is 12.1. The van der Waals surface area contributed by atoms with Crippen LogP contribution in [0.15, 0.2) is 11.1 Å². The minimum absolute atomic E-state index is 0.125. The summed E-state index contributed by atoms with van der Waals surface area (Å²) in [7, 11) is 0. The number of hydrogen-bond donors (Lipinski definition) is 2. The van der Waals surface area contributed by atoms with E-state index in [0.29, 0.717) is 16.3 Å². The van der Waals surface area contributed by atoms with Crippen LogP contribution < -0.4 is 11.1 Å². The van der Waals surface area contributed by atoms with E-state index < -0.39 is 17.2 Å². The van der Waals surface area contributed by atoms with E-state index in [2.05, 4.69) is 4.98 Å². The van der Waals surface area contributed by atoms with Crippen molar-refractivity contribution in [1.82, 2.24) is 10.3 Å². The van der Waals surface area contributed by atoms with Gasteiger partial charge in [-0.3, -0.25) is 14.9 Å². The molecule has 0 fully saturated rings. The van der Waals surface area contributed by atoms with Gasteiger partial charge >= 0.3 is 6.03 Å². The van der Waals surface area contributed by atoms with Crippen LogP contribution in [-0.4, -0.2) is 28.0 Å². The fraction of sp³-hybridized carbons (Fsp3) is 0.400. The van der Waals surface area contributed by atoms with Gasteiger partial charge in [-0.1, -0.05) is 25.6 Å². The fourth-order valence-electron chi connectivity index (χ4n) is 1.91. The predicted octanol–water partition coefficient (Wildman–Crippen LogP) is 1.78. The SMILES string of the molecule is CC(=O)c1cc(C#N)c(SC(C(=O)NC(N)=O)C(C)C)nc1C. The van der Waals surface area contributed by atoms with Crippen LogP contribution in [0.4, 0.5) is 4.79 Å². The molecule has 0 saturated carbocycles. The Labute approximate surface area is 138 Å². The van der Waals surface area contributed by atoms with Gasteiger partial charge in [0.05, 0.1) is 10.8 Å². The number of hydrogen-bond acceptors (Lipinski definition) is 6. The smallest absolute Gasteiger partial charge is 0.318 e. The fourth-order valence-corrected chi connectivity index (χ4v) is 3.01. The molecule has 1 unspecified atom stereocenters. The van der Waals surface area contributed by atoms with Crippen molar-refractivity contribution >= 4 is 29.5 Å². The summed E-state index contributed by atoms with van der Waals surface area (Å²) in [5.74, 6) is -0.855. The second-order valence-corrected chi connectivity index (χ2v) is 6.41. The minimum Gasteiger partial charge on any atom is -0.351 e. The maximum atomic E-state index is 12.1. The Morgan fingerprint density at radius 3 is 2.43 bits per heavy atom. The zero-order valence-corrected chi connectivity index (χ0v) is 14.2. The highest BCUT2D eigenvalue weighted by Gasteiger charge is 2.27. The normalized spacial score (nSPS) is 11.7. The molecule has 1 rings (SSSR count). The van der Waals surface area contributed by atoms with Crippen molar-refractivity contribution in [3.63, 3.8) is 0 Å². The number of imide groups is 1. The molecule has 1 heterocycles. The second-order valence-electron chi connectivity index (χ2n) is 5.28. The molecular weight excluding hydrogens is 316 g/mol. The van der Waals surface area contributed by atoms with Crippen LogP contribution in [0.5, 0.6) is 0 Å². The number of carbonyl (C=O) groups is 3. The molecule has 1 atom stereocenters. The van der Waals surface area contributed by atoms with Crippen LogP contribution in [0.25, 0.3) is 0 Å². The highest BCUT2D eigenvalue weighted by atomic mass is 32.2. The number of nitrogens with one attached hydrogen (secondary N) is 1. The first kappa shape index (κ1) is 18.6. The Kier molecular flexibility index (Phi) is 6.28. The van der Waals surface area contributed by atoms with E-state index in [1.807, 2.05) is 11.4 Å². The van der Waals surface area contributed by atoms with Gasteiger partial charge in [-0.15, -0.1) is 0 Å². The number of primary amides is 1. The van der Waals surface area contributed by atoms with Crippen molar-refractivity contribution in [2.75, 3.05) is 0 Å². The number of thioether (sulfide) groups is 1. The summed E-state index contributed by atoms with van der Waals surface area (Å²) in [6.07, 6.45) is 0. The zero-order valence-electron chi connectivity index (χ0n) is 13.3. The lowest BCUT2D eigenvalue weighted by molar-refractivity contribution is -0.120. The summed E-state index contributed by atoms with van der Waals surface area (Å²) >= 11 is 1.07. The predicted molar refractivity (Wildman–Crippen MR) is 85.9 cm³/mol. The maximum Gasteiger partial charge on any atom is 0.318 e. The van der Waals surface area contributed by atoms with E-state index in [4.69, 9.17) is 5.73 Å². The number of pyridine rings is 1. The van der Waals surface area contributed by atoms with Crippen LogP contribution >= 0.6 is 11.8 Å². The number of amides is 3. The molecule has 8 heteroatoms. The molecule has 122 valence electrons. The Bertz CT molecular complexity index is 695. The van der Waals surface area contributed by atoms with Crippen molar-refractivity contribution < 1.29 is 14.4 Å². The average molecular weight is 334 g/mol. The summed E-state index contributed by atoms with van der Waals surface area (Å²) in [6.45, 7) is 6.67. The van der Waals surface area contributed by atoms with Crippen molar-refractivity contribution in [2.24, 2.45) is 11.7 Å². The molecule has 7 nitrogen and oxygen atoms in total. The molecule has 3 N–H and O–H groups in total. The van der Waals surface area contributed by atoms with Crippen LogP contribution in [0, 0.1) is 24.2 Å². The van der Waals surface area contributed by atoms with E-state index in [-0.39, 0.29) is 17.3 Å². The standard InChI is InChI=1S/C15H18N4O3S/c1-7(2)12(13(21)19-15(17)22)23-14-10(6-16)5-11(9(4)20)8(3)18-14/h5,7,12H,1-4H3,(H3,17,19,21,22). The third kappa shape index (κ3) is 4.79. The first-order valence-electron chi connectivity index (χ1n) is 6.87. The van der Waals surface area contributed by atoms with E-state index in [1.54, 1.807) is 20.8 Å². The van der Waals surface area contributed by atoms with Gasteiger partial charge in [-0.05, 0) is 25.8 Å². The molecule has 0 aliphatic rings.